The van der Waals surface area contributed by atoms with Crippen LogP contribution in [0.15, 0.2) is 42.5 Å². The molecule has 0 bridgehead atoms. The van der Waals surface area contributed by atoms with Gasteiger partial charge in [0, 0.05) is 16.1 Å². The quantitative estimate of drug-likeness (QED) is 0.830. The van der Waals surface area contributed by atoms with Crippen LogP contribution in [0.25, 0.3) is 0 Å². The van der Waals surface area contributed by atoms with Gasteiger partial charge in [0.15, 0.2) is 0 Å². The normalized spacial score (nSPS) is 20.5. The number of rotatable bonds is 4. The van der Waals surface area contributed by atoms with E-state index in [-0.39, 0.29) is 0 Å². The van der Waals surface area contributed by atoms with Crippen molar-refractivity contribution in [2.45, 2.75) is 25.8 Å². The van der Waals surface area contributed by atoms with E-state index in [4.69, 9.17) is 23.2 Å². The van der Waals surface area contributed by atoms with Crippen molar-refractivity contribution in [1.29, 1.82) is 0 Å². The summed E-state index contributed by atoms with van der Waals surface area (Å²) in [4.78, 5) is 0. The lowest BCUT2D eigenvalue weighted by molar-refractivity contribution is 0.394. The number of hydrogen-bond donors (Lipinski definition) is 1. The fourth-order valence-electron chi connectivity index (χ4n) is 3.35. The molecule has 0 aromatic heterocycles. The van der Waals surface area contributed by atoms with Gasteiger partial charge in [-0.15, -0.1) is 0 Å². The van der Waals surface area contributed by atoms with Crippen LogP contribution in [0.1, 0.15) is 29.7 Å². The minimum Gasteiger partial charge on any atom is -0.310 e. The Morgan fingerprint density at radius 1 is 1.05 bits per heavy atom. The van der Waals surface area contributed by atoms with Crippen LogP contribution in [0, 0.1) is 5.92 Å². The number of fused-ring (bicyclic) bond motifs is 1. The van der Waals surface area contributed by atoms with Gasteiger partial charge in [0.2, 0.25) is 0 Å². The van der Waals surface area contributed by atoms with E-state index in [1.54, 1.807) is 0 Å². The summed E-state index contributed by atoms with van der Waals surface area (Å²) in [5.41, 5.74) is 3.94. The Morgan fingerprint density at radius 2 is 1.76 bits per heavy atom. The van der Waals surface area contributed by atoms with E-state index in [0.29, 0.717) is 12.0 Å². The predicted octanol–water partition coefficient (Wildman–Crippen LogP) is 5.06. The molecule has 110 valence electrons. The highest BCUT2D eigenvalue weighted by molar-refractivity contribution is 6.35. The molecule has 1 nitrogen and oxygen atoms in total. The van der Waals surface area contributed by atoms with Crippen LogP contribution in [0.3, 0.4) is 0 Å². The van der Waals surface area contributed by atoms with E-state index >= 15 is 0 Å². The van der Waals surface area contributed by atoms with Crippen LogP contribution in [-0.4, -0.2) is 6.54 Å². The largest absolute Gasteiger partial charge is 0.310 e. The fraction of sp³-hybridized carbons (Fsp3) is 0.333. The van der Waals surface area contributed by atoms with Crippen molar-refractivity contribution in [3.63, 3.8) is 0 Å². The van der Waals surface area contributed by atoms with E-state index in [1.807, 2.05) is 18.2 Å². The summed E-state index contributed by atoms with van der Waals surface area (Å²) in [5, 5.41) is 5.17. The van der Waals surface area contributed by atoms with Crippen LogP contribution in [-0.2, 0) is 12.8 Å². The van der Waals surface area contributed by atoms with Gasteiger partial charge in [-0.05, 0) is 54.1 Å². The van der Waals surface area contributed by atoms with Crippen molar-refractivity contribution in [1.82, 2.24) is 5.32 Å². The van der Waals surface area contributed by atoms with Gasteiger partial charge < -0.3 is 5.32 Å². The van der Waals surface area contributed by atoms with Gasteiger partial charge in [-0.25, -0.2) is 0 Å². The van der Waals surface area contributed by atoms with Crippen LogP contribution < -0.4 is 5.32 Å². The molecule has 3 rings (SSSR count). The second kappa shape index (κ2) is 6.39. The molecule has 0 saturated carbocycles. The molecule has 2 aromatic rings. The van der Waals surface area contributed by atoms with E-state index in [1.165, 1.54) is 11.1 Å². The van der Waals surface area contributed by atoms with Gasteiger partial charge in [0.05, 0.1) is 0 Å². The number of hydrogen-bond acceptors (Lipinski definition) is 1. The number of halogens is 2. The second-order valence-corrected chi connectivity index (χ2v) is 6.42. The molecule has 0 amide bonds. The minimum atomic E-state index is 0.388. The highest BCUT2D eigenvalue weighted by Crippen LogP contribution is 2.40. The van der Waals surface area contributed by atoms with Crippen LogP contribution in [0.2, 0.25) is 10.0 Å². The van der Waals surface area contributed by atoms with Crippen LogP contribution >= 0.6 is 23.2 Å². The average Bonchev–Trinajstić information content (AvgIpc) is 2.82. The molecule has 0 spiro atoms. The molecule has 0 heterocycles. The average molecular weight is 320 g/mol. The molecule has 1 N–H and O–H groups in total. The predicted molar refractivity (Wildman–Crippen MR) is 90.2 cm³/mol. The SMILES string of the molecule is CCNC1c2ccccc2CC1Cc1c(Cl)cccc1Cl. The van der Waals surface area contributed by atoms with Crippen molar-refractivity contribution in [2.75, 3.05) is 6.54 Å². The van der Waals surface area contributed by atoms with Crippen LogP contribution in [0.4, 0.5) is 0 Å². The maximum absolute atomic E-state index is 6.34. The monoisotopic (exact) mass is 319 g/mol. The first-order chi connectivity index (χ1) is 10.2. The van der Waals surface area contributed by atoms with Crippen molar-refractivity contribution in [3.05, 3.63) is 69.2 Å². The summed E-state index contributed by atoms with van der Waals surface area (Å²) >= 11 is 12.7. The topological polar surface area (TPSA) is 12.0 Å². The van der Waals surface area contributed by atoms with Crippen molar-refractivity contribution in [3.8, 4) is 0 Å². The van der Waals surface area contributed by atoms with Crippen molar-refractivity contribution < 1.29 is 0 Å². The molecule has 2 unspecified atom stereocenters. The van der Waals surface area contributed by atoms with E-state index < -0.39 is 0 Å². The summed E-state index contributed by atoms with van der Waals surface area (Å²) in [6.07, 6.45) is 1.99. The highest BCUT2D eigenvalue weighted by atomic mass is 35.5. The second-order valence-electron chi connectivity index (χ2n) is 5.60. The molecule has 1 aliphatic carbocycles. The number of nitrogens with one attached hydrogen (secondary N) is 1. The van der Waals surface area contributed by atoms with E-state index in [0.717, 1.165) is 35.0 Å². The van der Waals surface area contributed by atoms with Crippen molar-refractivity contribution >= 4 is 23.2 Å². The van der Waals surface area contributed by atoms with E-state index in [2.05, 4.69) is 36.5 Å². The molecule has 2 atom stereocenters. The zero-order valence-corrected chi connectivity index (χ0v) is 13.6. The van der Waals surface area contributed by atoms with Gasteiger partial charge in [0.25, 0.3) is 0 Å². The Balaban J connectivity index is 1.89. The maximum Gasteiger partial charge on any atom is 0.0452 e. The van der Waals surface area contributed by atoms with Gasteiger partial charge >= 0.3 is 0 Å². The Kier molecular flexibility index (Phi) is 4.54. The Labute approximate surface area is 136 Å². The molecule has 1 aliphatic rings. The molecule has 3 heteroatoms. The highest BCUT2D eigenvalue weighted by Gasteiger charge is 2.32. The third-order valence-corrected chi connectivity index (χ3v) is 5.00. The summed E-state index contributed by atoms with van der Waals surface area (Å²) in [7, 11) is 0. The van der Waals surface area contributed by atoms with Gasteiger partial charge in [-0.3, -0.25) is 0 Å². The van der Waals surface area contributed by atoms with Gasteiger partial charge in [-0.2, -0.15) is 0 Å². The lowest BCUT2D eigenvalue weighted by atomic mass is 9.92. The third kappa shape index (κ3) is 2.96. The maximum atomic E-state index is 6.34. The van der Waals surface area contributed by atoms with Crippen LogP contribution in [0.5, 0.6) is 0 Å². The molecule has 0 radical (unpaired) electrons. The molecule has 0 saturated heterocycles. The first kappa shape index (κ1) is 14.9. The summed E-state index contributed by atoms with van der Waals surface area (Å²) in [6.45, 7) is 3.12. The first-order valence-corrected chi connectivity index (χ1v) is 8.20. The first-order valence-electron chi connectivity index (χ1n) is 7.44. The molecule has 0 fully saturated rings. The molecule has 2 aromatic carbocycles. The third-order valence-electron chi connectivity index (χ3n) is 4.30. The minimum absolute atomic E-state index is 0.388. The van der Waals surface area contributed by atoms with Crippen molar-refractivity contribution in [2.24, 2.45) is 5.92 Å². The summed E-state index contributed by atoms with van der Waals surface area (Å²) in [5.74, 6) is 0.500. The smallest absolute Gasteiger partial charge is 0.0452 e. The fourth-order valence-corrected chi connectivity index (χ4v) is 3.91. The zero-order valence-electron chi connectivity index (χ0n) is 12.1. The Hall–Kier alpha value is -1.02. The lowest BCUT2D eigenvalue weighted by Gasteiger charge is -2.22. The molecular formula is C18H19Cl2N. The molecule has 21 heavy (non-hydrogen) atoms. The molecule has 0 aliphatic heterocycles. The zero-order chi connectivity index (χ0) is 14.8. The Morgan fingerprint density at radius 3 is 2.48 bits per heavy atom. The molecular weight excluding hydrogens is 301 g/mol. The number of benzene rings is 2. The summed E-state index contributed by atoms with van der Waals surface area (Å²) < 4.78 is 0. The standard InChI is InChI=1S/C18H19Cl2N/c1-2-21-18-13(10-12-6-3-4-7-14(12)18)11-15-16(19)8-5-9-17(15)20/h3-9,13,18,21H,2,10-11H2,1H3. The van der Waals surface area contributed by atoms with E-state index in [9.17, 15) is 0 Å². The van der Waals surface area contributed by atoms with Gasteiger partial charge in [0.1, 0.15) is 0 Å². The Bertz CT molecular complexity index is 619. The summed E-state index contributed by atoms with van der Waals surface area (Å²) in [6, 6.07) is 14.8. The van der Waals surface area contributed by atoms with Gasteiger partial charge in [-0.1, -0.05) is 60.5 Å². The lowest BCUT2D eigenvalue weighted by Crippen LogP contribution is -2.26.